The maximum atomic E-state index is 2.47. The first-order chi connectivity index (χ1) is 33.0. The smallest absolute Gasteiger partial charge is 0.0544 e. The Bertz CT molecular complexity index is 3400. The van der Waals surface area contributed by atoms with E-state index in [1.807, 2.05) is 0 Å². The van der Waals surface area contributed by atoms with Gasteiger partial charge in [0.25, 0.3) is 0 Å². The van der Waals surface area contributed by atoms with Crippen LogP contribution in [-0.2, 0) is 5.41 Å². The number of hydrogen-bond acceptors (Lipinski definition) is 3. The van der Waals surface area contributed by atoms with Crippen molar-refractivity contribution in [3.63, 3.8) is 0 Å². The van der Waals surface area contributed by atoms with E-state index in [2.05, 4.69) is 288 Å². The van der Waals surface area contributed by atoms with E-state index in [4.69, 9.17) is 0 Å². The van der Waals surface area contributed by atoms with E-state index in [0.29, 0.717) is 0 Å². The van der Waals surface area contributed by atoms with Crippen molar-refractivity contribution in [3.8, 4) is 16.8 Å². The van der Waals surface area contributed by atoms with Crippen molar-refractivity contribution >= 4 is 73.0 Å². The van der Waals surface area contributed by atoms with Crippen molar-refractivity contribution in [2.24, 2.45) is 0 Å². The Morgan fingerprint density at radius 2 is 0.672 bits per heavy atom. The molecule has 0 saturated heterocycles. The van der Waals surface area contributed by atoms with E-state index < -0.39 is 0 Å². The molecule has 320 valence electrons. The minimum absolute atomic E-state index is 0.295. The third-order valence-electron chi connectivity index (χ3n) is 13.5. The molecule has 1 aliphatic carbocycles. The first-order valence-electron chi connectivity index (χ1n) is 23.1. The molecule has 0 bridgehead atoms. The fourth-order valence-electron chi connectivity index (χ4n) is 10.5. The van der Waals surface area contributed by atoms with Crippen molar-refractivity contribution in [1.29, 1.82) is 0 Å². The number of nitrogens with zero attached hydrogens (tertiary/aromatic N) is 4. The summed E-state index contributed by atoms with van der Waals surface area (Å²) in [4.78, 5) is 7.06. The van der Waals surface area contributed by atoms with Gasteiger partial charge in [0.1, 0.15) is 0 Å². The second-order valence-electron chi connectivity index (χ2n) is 17.8. The molecule has 0 amide bonds. The van der Waals surface area contributed by atoms with E-state index in [1.165, 1.54) is 38.5 Å². The maximum absolute atomic E-state index is 2.47. The third-order valence-corrected chi connectivity index (χ3v) is 13.5. The summed E-state index contributed by atoms with van der Waals surface area (Å²) in [5.74, 6) is 0. The molecule has 4 nitrogen and oxygen atoms in total. The maximum Gasteiger partial charge on any atom is 0.0544 e. The van der Waals surface area contributed by atoms with Crippen molar-refractivity contribution in [1.82, 2.24) is 4.57 Å². The fourth-order valence-corrected chi connectivity index (χ4v) is 10.5. The van der Waals surface area contributed by atoms with Crippen LogP contribution in [0.25, 0.3) is 38.6 Å². The van der Waals surface area contributed by atoms with Crippen LogP contribution < -0.4 is 14.7 Å². The summed E-state index contributed by atoms with van der Waals surface area (Å²) in [7, 11) is 0. The van der Waals surface area contributed by atoms with Crippen LogP contribution in [0.15, 0.2) is 255 Å². The number of para-hydroxylation sites is 6. The largest absolute Gasteiger partial charge is 0.311 e. The van der Waals surface area contributed by atoms with E-state index in [-0.39, 0.29) is 5.41 Å². The van der Waals surface area contributed by atoms with Crippen LogP contribution in [-0.4, -0.2) is 4.57 Å². The standard InChI is InChI=1S/C63H48N4/c1-63(2)58-40-37-53(65(47-25-13-5-14-26-47)48-27-15-6-16-28-48)43-56(58)55-39-42-60-61(62(55)63)57-44-54(66(49-29-17-7-18-30-49)50-31-19-8-20-32-50)38-41-59(57)67(60)52-35-33-51(34-36-52)64(45-21-9-3-10-22-45)46-23-11-4-12-24-46/h3-44H,1-2H3. The molecule has 0 spiro atoms. The molecule has 10 aromatic carbocycles. The lowest BCUT2D eigenvalue weighted by Crippen LogP contribution is -2.16. The van der Waals surface area contributed by atoms with Crippen LogP contribution in [0, 0.1) is 0 Å². The van der Waals surface area contributed by atoms with Crippen LogP contribution in [0.4, 0.5) is 51.2 Å². The SMILES string of the molecule is CC1(C)c2ccc(N(c3ccccc3)c3ccccc3)cc2-c2ccc3c(c21)c1cc(N(c2ccccc2)c2ccccc2)ccc1n3-c1ccc(N(c2ccccc2)c2ccccc2)cc1. The Hall–Kier alpha value is -8.60. The predicted octanol–water partition coefficient (Wildman–Crippen LogP) is 17.5. The molecule has 1 aliphatic rings. The topological polar surface area (TPSA) is 14.7 Å². The molecule has 11 aromatic rings. The number of rotatable bonds is 10. The average molecular weight is 861 g/mol. The normalized spacial score (nSPS) is 12.4. The van der Waals surface area contributed by atoms with Crippen LogP contribution in [0.1, 0.15) is 25.0 Å². The molecular weight excluding hydrogens is 813 g/mol. The first-order valence-corrected chi connectivity index (χ1v) is 23.1. The van der Waals surface area contributed by atoms with Crippen LogP contribution in [0.3, 0.4) is 0 Å². The van der Waals surface area contributed by atoms with Crippen molar-refractivity contribution in [2.75, 3.05) is 14.7 Å². The summed E-state index contributed by atoms with van der Waals surface area (Å²) in [6.07, 6.45) is 0. The third kappa shape index (κ3) is 6.85. The second kappa shape index (κ2) is 16.4. The van der Waals surface area contributed by atoms with Crippen molar-refractivity contribution in [3.05, 3.63) is 266 Å². The van der Waals surface area contributed by atoms with E-state index in [0.717, 1.165) is 62.4 Å². The number of aromatic nitrogens is 1. The summed E-state index contributed by atoms with van der Waals surface area (Å²) in [6.45, 7) is 4.82. The molecular formula is C63H48N4. The van der Waals surface area contributed by atoms with Gasteiger partial charge >= 0.3 is 0 Å². The Balaban J connectivity index is 1.08. The highest BCUT2D eigenvalue weighted by Crippen LogP contribution is 2.55. The number of fused-ring (bicyclic) bond motifs is 7. The Kier molecular flexibility index (Phi) is 9.80. The summed E-state index contributed by atoms with van der Waals surface area (Å²) >= 11 is 0. The van der Waals surface area contributed by atoms with E-state index in [1.54, 1.807) is 0 Å². The summed E-state index contributed by atoms with van der Waals surface area (Å²) in [5.41, 5.74) is 18.4. The molecule has 0 unspecified atom stereocenters. The quantitative estimate of drug-likeness (QED) is 0.136. The van der Waals surface area contributed by atoms with Gasteiger partial charge in [-0.3, -0.25) is 0 Å². The molecule has 67 heavy (non-hydrogen) atoms. The second-order valence-corrected chi connectivity index (χ2v) is 17.8. The van der Waals surface area contributed by atoms with Gasteiger partial charge in [0.15, 0.2) is 0 Å². The zero-order valence-electron chi connectivity index (χ0n) is 37.5. The highest BCUT2D eigenvalue weighted by molar-refractivity contribution is 6.15. The van der Waals surface area contributed by atoms with Gasteiger partial charge in [-0.1, -0.05) is 135 Å². The highest BCUT2D eigenvalue weighted by atomic mass is 15.2. The lowest BCUT2D eigenvalue weighted by Gasteiger charge is -2.27. The van der Waals surface area contributed by atoms with E-state index >= 15 is 0 Å². The zero-order chi connectivity index (χ0) is 44.9. The first kappa shape index (κ1) is 40.0. The van der Waals surface area contributed by atoms with Gasteiger partial charge in [-0.05, 0) is 156 Å². The Morgan fingerprint density at radius 3 is 1.12 bits per heavy atom. The molecule has 0 atom stereocenters. The summed E-state index contributed by atoms with van der Waals surface area (Å²) < 4.78 is 2.47. The lowest BCUT2D eigenvalue weighted by atomic mass is 9.80. The number of benzene rings is 10. The van der Waals surface area contributed by atoms with Gasteiger partial charge in [0.05, 0.1) is 11.0 Å². The molecule has 4 heteroatoms. The van der Waals surface area contributed by atoms with Gasteiger partial charge in [0, 0.05) is 73.1 Å². The number of anilines is 9. The lowest BCUT2D eigenvalue weighted by molar-refractivity contribution is 0.666. The highest BCUT2D eigenvalue weighted by Gasteiger charge is 2.39. The zero-order valence-corrected chi connectivity index (χ0v) is 37.5. The Labute approximate surface area is 392 Å². The van der Waals surface area contributed by atoms with Crippen LogP contribution in [0.5, 0.6) is 0 Å². The van der Waals surface area contributed by atoms with Crippen LogP contribution in [0.2, 0.25) is 0 Å². The summed E-state index contributed by atoms with van der Waals surface area (Å²) in [5, 5.41) is 2.50. The van der Waals surface area contributed by atoms with E-state index in [9.17, 15) is 0 Å². The minimum atomic E-state index is -0.295. The molecule has 0 saturated carbocycles. The molecule has 0 fully saturated rings. The summed E-state index contributed by atoms with van der Waals surface area (Å²) in [6, 6.07) is 92.0. The minimum Gasteiger partial charge on any atom is -0.311 e. The van der Waals surface area contributed by atoms with Crippen LogP contribution >= 0.6 is 0 Å². The molecule has 1 aromatic heterocycles. The van der Waals surface area contributed by atoms with Gasteiger partial charge in [-0.15, -0.1) is 0 Å². The van der Waals surface area contributed by atoms with Gasteiger partial charge < -0.3 is 19.3 Å². The molecule has 1 heterocycles. The number of hydrogen-bond donors (Lipinski definition) is 0. The molecule has 12 rings (SSSR count). The fraction of sp³-hybridized carbons (Fsp3) is 0.0476. The predicted molar refractivity (Wildman–Crippen MR) is 282 cm³/mol. The average Bonchev–Trinajstić information content (AvgIpc) is 3.83. The molecule has 0 radical (unpaired) electrons. The van der Waals surface area contributed by atoms with Gasteiger partial charge in [0.2, 0.25) is 0 Å². The molecule has 0 N–H and O–H groups in total. The van der Waals surface area contributed by atoms with Crippen molar-refractivity contribution in [2.45, 2.75) is 19.3 Å². The molecule has 0 aliphatic heterocycles. The Morgan fingerprint density at radius 1 is 0.313 bits per heavy atom. The van der Waals surface area contributed by atoms with Crippen molar-refractivity contribution < 1.29 is 0 Å². The van der Waals surface area contributed by atoms with Gasteiger partial charge in [-0.2, -0.15) is 0 Å². The van der Waals surface area contributed by atoms with Gasteiger partial charge in [-0.25, -0.2) is 0 Å². The monoisotopic (exact) mass is 860 g/mol.